The molecule has 0 N–H and O–H groups in total. The largest absolute Gasteiger partial charge is 0.0654 e. The summed E-state index contributed by atoms with van der Waals surface area (Å²) in [5.41, 5.74) is 0. The lowest BCUT2D eigenvalue weighted by Crippen LogP contribution is -1.93. The summed E-state index contributed by atoms with van der Waals surface area (Å²) in [6.07, 6.45) is 9.93. The van der Waals surface area contributed by atoms with Gasteiger partial charge in [-0.05, 0) is 5.92 Å². The Bertz CT molecular complexity index is 66.4. The van der Waals surface area contributed by atoms with Gasteiger partial charge in [0, 0.05) is 0 Å². The van der Waals surface area contributed by atoms with Crippen LogP contribution in [0.25, 0.3) is 0 Å². The molecule has 0 nitrogen and oxygen atoms in total. The first kappa shape index (κ1) is 11.0. The topological polar surface area (TPSA) is 0 Å². The van der Waals surface area contributed by atoms with Gasteiger partial charge in [-0.1, -0.05) is 65.7 Å². The Kier molecular flexibility index (Phi) is 8.10. The van der Waals surface area contributed by atoms with E-state index in [2.05, 4.69) is 20.8 Å². The second-order valence-electron chi connectivity index (χ2n) is 3.74. The lowest BCUT2D eigenvalue weighted by molar-refractivity contribution is 0.455. The monoisotopic (exact) mass is 156 g/mol. The lowest BCUT2D eigenvalue weighted by atomic mass is 9.98. The van der Waals surface area contributed by atoms with Gasteiger partial charge in [-0.15, -0.1) is 0 Å². The van der Waals surface area contributed by atoms with Gasteiger partial charge in [-0.25, -0.2) is 0 Å². The Morgan fingerprint density at radius 3 is 2.09 bits per heavy atom. The van der Waals surface area contributed by atoms with Crippen LogP contribution >= 0.6 is 0 Å². The summed E-state index contributed by atoms with van der Waals surface area (Å²) in [5, 5.41) is 0. The van der Waals surface area contributed by atoms with E-state index in [1.807, 2.05) is 0 Å². The summed E-state index contributed by atoms with van der Waals surface area (Å²) in [4.78, 5) is 0. The molecule has 0 aromatic rings. The van der Waals surface area contributed by atoms with Crippen LogP contribution in [0.1, 0.15) is 65.7 Å². The van der Waals surface area contributed by atoms with Crippen LogP contribution < -0.4 is 0 Å². The van der Waals surface area contributed by atoms with Crippen LogP contribution in [0.4, 0.5) is 0 Å². The predicted octanol–water partition coefficient (Wildman–Crippen LogP) is 4.39. The van der Waals surface area contributed by atoms with Crippen molar-refractivity contribution in [1.82, 2.24) is 0 Å². The Morgan fingerprint density at radius 1 is 0.818 bits per heavy atom. The minimum atomic E-state index is 0.969. The molecule has 11 heavy (non-hydrogen) atoms. The highest BCUT2D eigenvalue weighted by molar-refractivity contribution is 4.52. The fourth-order valence-electron chi connectivity index (χ4n) is 1.56. The van der Waals surface area contributed by atoms with Crippen LogP contribution in [-0.4, -0.2) is 0 Å². The van der Waals surface area contributed by atoms with Crippen LogP contribution in [0.2, 0.25) is 0 Å². The summed E-state index contributed by atoms with van der Waals surface area (Å²) in [7, 11) is 0. The van der Waals surface area contributed by atoms with Crippen molar-refractivity contribution in [3.8, 4) is 0 Å². The van der Waals surface area contributed by atoms with Gasteiger partial charge >= 0.3 is 0 Å². The minimum absolute atomic E-state index is 0.969. The molecular formula is C11H24. The second-order valence-corrected chi connectivity index (χ2v) is 3.74. The molecule has 0 heteroatoms. The highest BCUT2D eigenvalue weighted by Crippen LogP contribution is 2.14. The molecule has 0 rings (SSSR count). The number of unbranched alkanes of at least 4 members (excludes halogenated alkanes) is 3. The summed E-state index contributed by atoms with van der Waals surface area (Å²) in [6, 6.07) is 0. The molecular weight excluding hydrogens is 132 g/mol. The standard InChI is InChI=1S/C11H24/c1-4-6-7-8-10-11(3)9-5-2/h11H,4-10H2,1-3H3/t11-/m1/s1. The molecule has 0 bridgehead atoms. The average molecular weight is 156 g/mol. The van der Waals surface area contributed by atoms with E-state index >= 15 is 0 Å². The van der Waals surface area contributed by atoms with Crippen LogP contribution in [0.5, 0.6) is 0 Å². The fraction of sp³-hybridized carbons (Fsp3) is 1.00. The highest BCUT2D eigenvalue weighted by Gasteiger charge is 1.98. The van der Waals surface area contributed by atoms with Crippen LogP contribution in [0.15, 0.2) is 0 Å². The van der Waals surface area contributed by atoms with Crippen LogP contribution in [0, 0.1) is 5.92 Å². The van der Waals surface area contributed by atoms with Crippen molar-refractivity contribution in [2.75, 3.05) is 0 Å². The van der Waals surface area contributed by atoms with Crippen molar-refractivity contribution in [1.29, 1.82) is 0 Å². The van der Waals surface area contributed by atoms with Crippen molar-refractivity contribution < 1.29 is 0 Å². The third-order valence-corrected chi connectivity index (χ3v) is 2.33. The van der Waals surface area contributed by atoms with E-state index in [-0.39, 0.29) is 0 Å². The molecule has 0 aliphatic heterocycles. The zero-order chi connectivity index (χ0) is 8.53. The maximum absolute atomic E-state index is 2.38. The molecule has 0 saturated heterocycles. The Hall–Kier alpha value is 0. The van der Waals surface area contributed by atoms with Gasteiger partial charge in [-0.3, -0.25) is 0 Å². The highest BCUT2D eigenvalue weighted by atomic mass is 14.0. The third-order valence-electron chi connectivity index (χ3n) is 2.33. The van der Waals surface area contributed by atoms with Crippen molar-refractivity contribution in [3.05, 3.63) is 0 Å². The summed E-state index contributed by atoms with van der Waals surface area (Å²) in [6.45, 7) is 6.94. The van der Waals surface area contributed by atoms with Crippen molar-refractivity contribution in [3.63, 3.8) is 0 Å². The second kappa shape index (κ2) is 8.10. The molecule has 0 aromatic carbocycles. The zero-order valence-electron chi connectivity index (χ0n) is 8.53. The van der Waals surface area contributed by atoms with Gasteiger partial charge in [0.1, 0.15) is 0 Å². The van der Waals surface area contributed by atoms with E-state index in [9.17, 15) is 0 Å². The van der Waals surface area contributed by atoms with Crippen LogP contribution in [0.3, 0.4) is 0 Å². The predicted molar refractivity (Wildman–Crippen MR) is 52.8 cm³/mol. The van der Waals surface area contributed by atoms with Crippen molar-refractivity contribution in [2.24, 2.45) is 5.92 Å². The normalized spacial score (nSPS) is 13.4. The number of hydrogen-bond acceptors (Lipinski definition) is 0. The SMILES string of the molecule is CCCCCC[C@H](C)CCC. The van der Waals surface area contributed by atoms with E-state index < -0.39 is 0 Å². The molecule has 0 radical (unpaired) electrons. The fourth-order valence-corrected chi connectivity index (χ4v) is 1.56. The van der Waals surface area contributed by atoms with Gasteiger partial charge in [0.25, 0.3) is 0 Å². The van der Waals surface area contributed by atoms with E-state index in [0.29, 0.717) is 0 Å². The van der Waals surface area contributed by atoms with Crippen LogP contribution in [-0.2, 0) is 0 Å². The van der Waals surface area contributed by atoms with Gasteiger partial charge in [-0.2, -0.15) is 0 Å². The van der Waals surface area contributed by atoms with Gasteiger partial charge < -0.3 is 0 Å². The molecule has 0 aliphatic carbocycles. The zero-order valence-corrected chi connectivity index (χ0v) is 8.53. The van der Waals surface area contributed by atoms with Gasteiger partial charge in [0.2, 0.25) is 0 Å². The first-order valence-corrected chi connectivity index (χ1v) is 5.31. The Morgan fingerprint density at radius 2 is 1.55 bits per heavy atom. The Labute approximate surface area is 72.4 Å². The molecule has 0 fully saturated rings. The molecule has 0 aromatic heterocycles. The molecule has 0 amide bonds. The van der Waals surface area contributed by atoms with E-state index in [1.54, 1.807) is 0 Å². The maximum Gasteiger partial charge on any atom is -0.0443 e. The first-order chi connectivity index (χ1) is 5.31. The summed E-state index contributed by atoms with van der Waals surface area (Å²) >= 11 is 0. The molecule has 0 unspecified atom stereocenters. The smallest absolute Gasteiger partial charge is 0.0443 e. The molecule has 0 spiro atoms. The van der Waals surface area contributed by atoms with E-state index in [4.69, 9.17) is 0 Å². The maximum atomic E-state index is 2.38. The molecule has 0 saturated carbocycles. The average Bonchev–Trinajstić information content (AvgIpc) is 1.99. The molecule has 0 aliphatic rings. The lowest BCUT2D eigenvalue weighted by Gasteiger charge is -2.08. The summed E-state index contributed by atoms with van der Waals surface area (Å²) in [5.74, 6) is 0.969. The van der Waals surface area contributed by atoms with E-state index in [0.717, 1.165) is 5.92 Å². The number of hydrogen-bond donors (Lipinski definition) is 0. The van der Waals surface area contributed by atoms with Gasteiger partial charge in [0.05, 0.1) is 0 Å². The Balaban J connectivity index is 2.97. The van der Waals surface area contributed by atoms with Crippen molar-refractivity contribution in [2.45, 2.75) is 65.7 Å². The van der Waals surface area contributed by atoms with Gasteiger partial charge in [0.15, 0.2) is 0 Å². The summed E-state index contributed by atoms with van der Waals surface area (Å²) < 4.78 is 0. The molecule has 0 heterocycles. The first-order valence-electron chi connectivity index (χ1n) is 5.31. The van der Waals surface area contributed by atoms with Crippen molar-refractivity contribution >= 4 is 0 Å². The molecule has 1 atom stereocenters. The number of rotatable bonds is 7. The third kappa shape index (κ3) is 7.90. The van der Waals surface area contributed by atoms with E-state index in [1.165, 1.54) is 44.9 Å². The minimum Gasteiger partial charge on any atom is -0.0654 e. The molecule has 68 valence electrons. The quantitative estimate of drug-likeness (QED) is 0.479.